The van der Waals surface area contributed by atoms with Crippen molar-refractivity contribution in [3.05, 3.63) is 42.5 Å². The minimum Gasteiger partial charge on any atom is -0.437 e. The molecule has 0 saturated carbocycles. The van der Waals surface area contributed by atoms with Gasteiger partial charge in [-0.15, -0.1) is 0 Å². The van der Waals surface area contributed by atoms with Gasteiger partial charge in [0.1, 0.15) is 0 Å². The molecule has 0 aliphatic heterocycles. The number of carbonyl (C=O) groups is 1. The number of benzene rings is 1. The molecular formula is C8H5N3O9. The van der Waals surface area contributed by atoms with E-state index in [0.717, 1.165) is 7.11 Å². The first kappa shape index (κ1) is 14.7. The number of non-ortho nitro benzene ring substituents is 1. The monoisotopic (exact) mass is 287 g/mol. The van der Waals surface area contributed by atoms with Gasteiger partial charge in [0.25, 0.3) is 11.4 Å². The van der Waals surface area contributed by atoms with Crippen molar-refractivity contribution in [2.24, 2.45) is 0 Å². The molecule has 0 spiro atoms. The Balaban J connectivity index is 3.59. The molecule has 0 heterocycles. The molecule has 0 N–H and O–H groups in total. The lowest BCUT2D eigenvalue weighted by Gasteiger charge is -2.04. The van der Waals surface area contributed by atoms with Crippen LogP contribution in [0, 0.1) is 30.3 Å². The fourth-order valence-electron chi connectivity index (χ4n) is 1.19. The summed E-state index contributed by atoms with van der Waals surface area (Å²) in [4.78, 5) is 39.7. The Bertz CT molecular complexity index is 576. The van der Waals surface area contributed by atoms with E-state index in [2.05, 4.69) is 9.47 Å². The van der Waals surface area contributed by atoms with E-state index in [9.17, 15) is 35.1 Å². The van der Waals surface area contributed by atoms with E-state index in [1.54, 1.807) is 0 Å². The maximum atomic E-state index is 10.9. The fraction of sp³-hybridized carbons (Fsp3) is 0.125. The molecule has 0 aliphatic rings. The molecule has 12 nitrogen and oxygen atoms in total. The lowest BCUT2D eigenvalue weighted by atomic mass is 10.2. The number of nitro groups is 3. The third-order valence-corrected chi connectivity index (χ3v) is 1.99. The van der Waals surface area contributed by atoms with Crippen LogP contribution < -0.4 is 4.74 Å². The number of methoxy groups -OCH3 is 1. The third-order valence-electron chi connectivity index (χ3n) is 1.99. The van der Waals surface area contributed by atoms with Crippen molar-refractivity contribution < 1.29 is 29.0 Å². The SMILES string of the molecule is COC(=O)Oc1c([N+](=O)[O-])cc([N+](=O)[O-])cc1[N+](=O)[O-]. The quantitative estimate of drug-likeness (QED) is 0.345. The largest absolute Gasteiger partial charge is 0.514 e. The zero-order valence-electron chi connectivity index (χ0n) is 9.67. The zero-order chi connectivity index (χ0) is 15.4. The summed E-state index contributed by atoms with van der Waals surface area (Å²) in [5.74, 6) is -1.04. The van der Waals surface area contributed by atoms with Gasteiger partial charge in [0.15, 0.2) is 0 Å². The molecule has 1 rings (SSSR count). The molecule has 1 aromatic carbocycles. The predicted octanol–water partition coefficient (Wildman–Crippen LogP) is 1.56. The molecule has 106 valence electrons. The van der Waals surface area contributed by atoms with E-state index in [1.165, 1.54) is 0 Å². The highest BCUT2D eigenvalue weighted by Crippen LogP contribution is 2.40. The summed E-state index contributed by atoms with van der Waals surface area (Å²) < 4.78 is 8.38. The summed E-state index contributed by atoms with van der Waals surface area (Å²) in [6.45, 7) is 0. The van der Waals surface area contributed by atoms with Gasteiger partial charge in [0.05, 0.1) is 34.0 Å². The van der Waals surface area contributed by atoms with Crippen LogP contribution in [0.5, 0.6) is 5.75 Å². The van der Waals surface area contributed by atoms with Crippen LogP contribution in [0.4, 0.5) is 21.9 Å². The third kappa shape index (κ3) is 2.92. The van der Waals surface area contributed by atoms with E-state index in [0.29, 0.717) is 12.1 Å². The van der Waals surface area contributed by atoms with Crippen molar-refractivity contribution in [2.75, 3.05) is 7.11 Å². The summed E-state index contributed by atoms with van der Waals surface area (Å²) in [5, 5.41) is 32.1. The normalized spacial score (nSPS) is 9.65. The van der Waals surface area contributed by atoms with Crippen molar-refractivity contribution in [3.8, 4) is 5.75 Å². The first-order chi connectivity index (χ1) is 9.27. The van der Waals surface area contributed by atoms with Crippen LogP contribution in [0.15, 0.2) is 12.1 Å². The first-order valence-corrected chi connectivity index (χ1v) is 4.65. The predicted molar refractivity (Wildman–Crippen MR) is 59.4 cm³/mol. The molecule has 0 bridgehead atoms. The number of nitro benzene ring substituents is 3. The van der Waals surface area contributed by atoms with Crippen molar-refractivity contribution in [2.45, 2.75) is 0 Å². The van der Waals surface area contributed by atoms with Gasteiger partial charge in [-0.1, -0.05) is 0 Å². The molecular weight excluding hydrogens is 282 g/mol. The van der Waals surface area contributed by atoms with Crippen LogP contribution in [0.3, 0.4) is 0 Å². The average Bonchev–Trinajstić information content (AvgIpc) is 2.37. The summed E-state index contributed by atoms with van der Waals surface area (Å²) in [6.07, 6.45) is -1.44. The van der Waals surface area contributed by atoms with Gasteiger partial charge in [-0.2, -0.15) is 0 Å². The van der Waals surface area contributed by atoms with Gasteiger partial charge in [0.2, 0.25) is 0 Å². The standard InChI is InChI=1S/C8H5N3O9/c1-19-8(12)20-7-5(10(15)16)2-4(9(13)14)3-6(7)11(17)18/h2-3H,1H3. The van der Waals surface area contributed by atoms with E-state index < -0.39 is 43.7 Å². The molecule has 1 aromatic rings. The average molecular weight is 287 g/mol. The van der Waals surface area contributed by atoms with Gasteiger partial charge in [-0.3, -0.25) is 30.3 Å². The summed E-state index contributed by atoms with van der Waals surface area (Å²) in [5.41, 5.74) is -3.09. The topological polar surface area (TPSA) is 165 Å². The molecule has 0 unspecified atom stereocenters. The summed E-state index contributed by atoms with van der Waals surface area (Å²) in [7, 11) is 0.880. The first-order valence-electron chi connectivity index (χ1n) is 4.65. The molecule has 20 heavy (non-hydrogen) atoms. The van der Waals surface area contributed by atoms with Crippen molar-refractivity contribution in [1.29, 1.82) is 0 Å². The molecule has 0 amide bonds. The second kappa shape index (κ2) is 5.55. The number of hydrogen-bond acceptors (Lipinski definition) is 9. The van der Waals surface area contributed by atoms with E-state index in [4.69, 9.17) is 0 Å². The Morgan fingerprint density at radius 3 is 1.75 bits per heavy atom. The van der Waals surface area contributed by atoms with Crippen LogP contribution in [-0.4, -0.2) is 28.0 Å². The van der Waals surface area contributed by atoms with Crippen LogP contribution in [0.2, 0.25) is 0 Å². The molecule has 12 heteroatoms. The van der Waals surface area contributed by atoms with Crippen LogP contribution in [0.1, 0.15) is 0 Å². The van der Waals surface area contributed by atoms with Crippen molar-refractivity contribution in [1.82, 2.24) is 0 Å². The number of carbonyl (C=O) groups excluding carboxylic acids is 1. The highest BCUT2D eigenvalue weighted by molar-refractivity contribution is 5.73. The Hall–Kier alpha value is -3.31. The zero-order valence-corrected chi connectivity index (χ0v) is 9.67. The number of nitrogens with zero attached hydrogens (tertiary/aromatic N) is 3. The van der Waals surface area contributed by atoms with Crippen molar-refractivity contribution in [3.63, 3.8) is 0 Å². The van der Waals surface area contributed by atoms with E-state index in [-0.39, 0.29) is 0 Å². The number of ether oxygens (including phenoxy) is 2. The lowest BCUT2D eigenvalue weighted by molar-refractivity contribution is -0.404. The van der Waals surface area contributed by atoms with Gasteiger partial charge in [-0.05, 0) is 0 Å². The maximum Gasteiger partial charge on any atom is 0.514 e. The van der Waals surface area contributed by atoms with Crippen LogP contribution >= 0.6 is 0 Å². The van der Waals surface area contributed by atoms with Crippen LogP contribution in [0.25, 0.3) is 0 Å². The van der Waals surface area contributed by atoms with Gasteiger partial charge in [-0.25, -0.2) is 4.79 Å². The van der Waals surface area contributed by atoms with Crippen LogP contribution in [-0.2, 0) is 4.74 Å². The molecule has 0 atom stereocenters. The second-order valence-electron chi connectivity index (χ2n) is 3.14. The molecule has 0 radical (unpaired) electrons. The summed E-state index contributed by atoms with van der Waals surface area (Å²) in [6, 6.07) is 0.872. The Morgan fingerprint density at radius 1 is 1.00 bits per heavy atom. The fourth-order valence-corrected chi connectivity index (χ4v) is 1.19. The summed E-state index contributed by atoms with van der Waals surface area (Å²) >= 11 is 0. The molecule has 0 aromatic heterocycles. The minimum absolute atomic E-state index is 0.436. The Morgan fingerprint density at radius 2 is 1.45 bits per heavy atom. The second-order valence-corrected chi connectivity index (χ2v) is 3.14. The maximum absolute atomic E-state index is 10.9. The minimum atomic E-state index is -1.44. The van der Waals surface area contributed by atoms with E-state index >= 15 is 0 Å². The van der Waals surface area contributed by atoms with Crippen molar-refractivity contribution >= 4 is 23.2 Å². The Labute approximate surface area is 109 Å². The molecule has 0 fully saturated rings. The molecule has 0 saturated heterocycles. The number of hydrogen-bond donors (Lipinski definition) is 0. The lowest BCUT2D eigenvalue weighted by Crippen LogP contribution is -2.11. The smallest absolute Gasteiger partial charge is 0.437 e. The van der Waals surface area contributed by atoms with Gasteiger partial charge < -0.3 is 9.47 Å². The van der Waals surface area contributed by atoms with Gasteiger partial charge in [0, 0.05) is 0 Å². The van der Waals surface area contributed by atoms with E-state index in [1.807, 2.05) is 0 Å². The molecule has 0 aliphatic carbocycles. The highest BCUT2D eigenvalue weighted by atomic mass is 16.7. The Kier molecular flexibility index (Phi) is 4.10. The van der Waals surface area contributed by atoms with Gasteiger partial charge >= 0.3 is 17.5 Å². The highest BCUT2D eigenvalue weighted by Gasteiger charge is 2.33. The number of rotatable bonds is 4.